The molecule has 1 aliphatic heterocycles. The van der Waals surface area contributed by atoms with Crippen LogP contribution < -0.4 is 5.46 Å². The van der Waals surface area contributed by atoms with Crippen LogP contribution in [0.4, 0.5) is 0 Å². The summed E-state index contributed by atoms with van der Waals surface area (Å²) in [7, 11) is 3.62. The molecule has 0 atom stereocenters. The summed E-state index contributed by atoms with van der Waals surface area (Å²) in [6, 6.07) is 8.44. The molecule has 43 valence electrons. The zero-order valence-electron chi connectivity index (χ0n) is 4.70. The maximum Gasteiger partial charge on any atom is 0.246 e. The summed E-state index contributed by atoms with van der Waals surface area (Å²) in [4.78, 5) is 1.39. The van der Waals surface area contributed by atoms with Crippen LogP contribution in [0.3, 0.4) is 0 Å². The van der Waals surface area contributed by atoms with E-state index >= 15 is 0 Å². The van der Waals surface area contributed by atoms with E-state index in [-0.39, 0.29) is 0 Å². The summed E-state index contributed by atoms with van der Waals surface area (Å²) in [6.45, 7) is 2.18. The van der Waals surface area contributed by atoms with Crippen molar-refractivity contribution in [1.82, 2.24) is 0 Å². The molecule has 0 aliphatic carbocycles. The number of benzene rings is 1. The second-order valence-corrected chi connectivity index (χ2v) is 3.95. The molecule has 0 nitrogen and oxygen atoms in total. The molecular weight excluding hydrogens is 147 g/mol. The Bertz CT molecular complexity index is 201. The minimum atomic E-state index is 1.37. The van der Waals surface area contributed by atoms with E-state index in [0.29, 0.717) is 0 Å². The topological polar surface area (TPSA) is 0 Å². The SMILES string of the molecule is [B]1SSc2ccccc21. The maximum absolute atomic E-state index is 2.18. The van der Waals surface area contributed by atoms with Crippen molar-refractivity contribution in [3.8, 4) is 0 Å². The molecule has 3 heteroatoms. The molecule has 0 spiro atoms. The van der Waals surface area contributed by atoms with Crippen LogP contribution in [0.2, 0.25) is 0 Å². The van der Waals surface area contributed by atoms with E-state index in [1.54, 1.807) is 10.6 Å². The van der Waals surface area contributed by atoms with Gasteiger partial charge in [0.25, 0.3) is 0 Å². The van der Waals surface area contributed by atoms with Crippen LogP contribution in [0.15, 0.2) is 29.2 Å². The van der Waals surface area contributed by atoms with Gasteiger partial charge >= 0.3 is 0 Å². The van der Waals surface area contributed by atoms with Crippen LogP contribution in [0.25, 0.3) is 0 Å². The first-order valence-corrected chi connectivity index (χ1v) is 4.94. The Labute approximate surface area is 63.0 Å². The van der Waals surface area contributed by atoms with E-state index in [2.05, 4.69) is 30.8 Å². The third kappa shape index (κ3) is 0.991. The predicted molar refractivity (Wildman–Crippen MR) is 45.3 cm³/mol. The van der Waals surface area contributed by atoms with E-state index in [4.69, 9.17) is 0 Å². The second kappa shape index (κ2) is 2.31. The van der Waals surface area contributed by atoms with Crippen molar-refractivity contribution in [2.24, 2.45) is 0 Å². The van der Waals surface area contributed by atoms with Gasteiger partial charge in [0.15, 0.2) is 0 Å². The van der Waals surface area contributed by atoms with Crippen LogP contribution >= 0.6 is 21.4 Å². The molecule has 0 saturated heterocycles. The lowest BCUT2D eigenvalue weighted by Gasteiger charge is -1.91. The van der Waals surface area contributed by atoms with Crippen LogP contribution in [-0.2, 0) is 0 Å². The highest BCUT2D eigenvalue weighted by atomic mass is 33.1. The van der Waals surface area contributed by atoms with Crippen LogP contribution in [0.5, 0.6) is 0 Å². The largest absolute Gasteiger partial charge is 0.246 e. The molecule has 0 N–H and O–H groups in total. The molecule has 0 saturated carbocycles. The van der Waals surface area contributed by atoms with Crippen molar-refractivity contribution in [2.75, 3.05) is 0 Å². The normalized spacial score (nSPS) is 14.7. The quantitative estimate of drug-likeness (QED) is 0.408. The van der Waals surface area contributed by atoms with Gasteiger partial charge in [-0.15, -0.1) is 10.6 Å². The molecule has 1 heterocycles. The number of hydrogen-bond donors (Lipinski definition) is 0. The monoisotopic (exact) mass is 151 g/mol. The fraction of sp³-hybridized carbons (Fsp3) is 0. The summed E-state index contributed by atoms with van der Waals surface area (Å²) in [5.74, 6) is 0. The molecule has 0 aromatic heterocycles. The van der Waals surface area contributed by atoms with Gasteiger partial charge < -0.3 is 0 Å². The van der Waals surface area contributed by atoms with Gasteiger partial charge in [0, 0.05) is 4.90 Å². The molecule has 0 bridgehead atoms. The van der Waals surface area contributed by atoms with Crippen molar-refractivity contribution in [3.05, 3.63) is 24.3 Å². The van der Waals surface area contributed by atoms with Gasteiger partial charge in [-0.2, -0.15) is 0 Å². The van der Waals surface area contributed by atoms with Crippen molar-refractivity contribution < 1.29 is 0 Å². The predicted octanol–water partition coefficient (Wildman–Crippen LogP) is 1.68. The average molecular weight is 151 g/mol. The van der Waals surface area contributed by atoms with Crippen LogP contribution in [-0.4, -0.2) is 6.56 Å². The van der Waals surface area contributed by atoms with Gasteiger partial charge in [-0.3, -0.25) is 0 Å². The van der Waals surface area contributed by atoms with E-state index in [1.807, 2.05) is 10.8 Å². The molecule has 0 fully saturated rings. The molecule has 1 aliphatic rings. The van der Waals surface area contributed by atoms with E-state index in [1.165, 1.54) is 10.4 Å². The molecule has 0 amide bonds. The Morgan fingerprint density at radius 3 is 3.00 bits per heavy atom. The maximum atomic E-state index is 2.18. The summed E-state index contributed by atoms with van der Waals surface area (Å²) >= 11 is 0. The highest BCUT2D eigenvalue weighted by molar-refractivity contribution is 8.86. The fourth-order valence-corrected chi connectivity index (χ4v) is 2.90. The summed E-state index contributed by atoms with van der Waals surface area (Å²) in [6.07, 6.45) is 0. The molecule has 2 rings (SSSR count). The van der Waals surface area contributed by atoms with Crippen molar-refractivity contribution >= 4 is 33.5 Å². The minimum absolute atomic E-state index is 1.37. The van der Waals surface area contributed by atoms with Gasteiger partial charge in [-0.25, -0.2) is 0 Å². The molecule has 1 aromatic carbocycles. The Morgan fingerprint density at radius 1 is 1.22 bits per heavy atom. The second-order valence-electron chi connectivity index (χ2n) is 1.84. The van der Waals surface area contributed by atoms with E-state index in [9.17, 15) is 0 Å². The van der Waals surface area contributed by atoms with E-state index < -0.39 is 0 Å². The van der Waals surface area contributed by atoms with Crippen molar-refractivity contribution in [2.45, 2.75) is 4.90 Å². The molecule has 1 radical (unpaired) electrons. The van der Waals surface area contributed by atoms with Gasteiger partial charge in [0.1, 0.15) is 0 Å². The van der Waals surface area contributed by atoms with Gasteiger partial charge in [-0.05, 0) is 6.07 Å². The first-order chi connectivity index (χ1) is 4.47. The zero-order valence-corrected chi connectivity index (χ0v) is 6.34. The minimum Gasteiger partial charge on any atom is -0.142 e. The lowest BCUT2D eigenvalue weighted by molar-refractivity contribution is 1.54. The average Bonchev–Trinajstić information content (AvgIpc) is 2.33. The standard InChI is InChI=1S/C6H4BS2/c1-2-4-6-5(3-1)7-9-8-6/h1-4H. The zero-order chi connectivity index (χ0) is 6.10. The molecular formula is C6H4BS2. The molecule has 1 aromatic rings. The Kier molecular flexibility index (Phi) is 1.48. The van der Waals surface area contributed by atoms with Gasteiger partial charge in [0.2, 0.25) is 6.56 Å². The summed E-state index contributed by atoms with van der Waals surface area (Å²) < 4.78 is 0. The van der Waals surface area contributed by atoms with E-state index in [0.717, 1.165) is 0 Å². The highest BCUT2D eigenvalue weighted by Crippen LogP contribution is 2.33. The third-order valence-corrected chi connectivity index (χ3v) is 3.35. The lowest BCUT2D eigenvalue weighted by atomic mass is 9.95. The first kappa shape index (κ1) is 5.75. The smallest absolute Gasteiger partial charge is 0.142 e. The van der Waals surface area contributed by atoms with Gasteiger partial charge in [-0.1, -0.05) is 34.5 Å². The summed E-state index contributed by atoms with van der Waals surface area (Å²) in [5, 5.41) is 0. The Balaban J connectivity index is 2.54. The van der Waals surface area contributed by atoms with Crippen LogP contribution in [0, 0.1) is 0 Å². The lowest BCUT2D eigenvalue weighted by Crippen LogP contribution is -2.06. The van der Waals surface area contributed by atoms with Crippen molar-refractivity contribution in [1.29, 1.82) is 0 Å². The van der Waals surface area contributed by atoms with Gasteiger partial charge in [0.05, 0.1) is 0 Å². The Morgan fingerprint density at radius 2 is 2.11 bits per heavy atom. The Hall–Kier alpha value is -0.0151. The summed E-state index contributed by atoms with van der Waals surface area (Å²) in [5.41, 5.74) is 1.37. The molecule has 0 unspecified atom stereocenters. The third-order valence-electron chi connectivity index (χ3n) is 1.23. The van der Waals surface area contributed by atoms with Crippen LogP contribution in [0.1, 0.15) is 0 Å². The highest BCUT2D eigenvalue weighted by Gasteiger charge is 2.10. The van der Waals surface area contributed by atoms with Crippen molar-refractivity contribution in [3.63, 3.8) is 0 Å². The number of fused-ring (bicyclic) bond motifs is 1. The first-order valence-electron chi connectivity index (χ1n) is 2.72. The number of hydrogen-bond acceptors (Lipinski definition) is 2. The number of rotatable bonds is 0. The fourth-order valence-electron chi connectivity index (χ4n) is 0.782. The molecule has 9 heavy (non-hydrogen) atoms.